The van der Waals surface area contributed by atoms with Crippen LogP contribution in [-0.4, -0.2) is 9.97 Å². The second-order valence-corrected chi connectivity index (χ2v) is 5.33. The van der Waals surface area contributed by atoms with Crippen LogP contribution in [0.4, 0.5) is 8.78 Å². The average Bonchev–Trinajstić information content (AvgIpc) is 2.50. The molecule has 0 N–H and O–H groups in total. The third kappa shape index (κ3) is 3.08. The minimum Gasteiger partial charge on any atom is -0.228 e. The van der Waals surface area contributed by atoms with Crippen LogP contribution in [-0.2, 0) is 0 Å². The highest BCUT2D eigenvalue weighted by Gasteiger charge is 2.10. The Kier molecular flexibility index (Phi) is 4.05. The van der Waals surface area contributed by atoms with E-state index in [0.717, 1.165) is 0 Å². The normalized spacial score (nSPS) is 10.7. The van der Waals surface area contributed by atoms with E-state index in [-0.39, 0.29) is 21.8 Å². The van der Waals surface area contributed by atoms with Crippen LogP contribution in [0, 0.1) is 11.6 Å². The molecule has 0 atom stereocenters. The Morgan fingerprint density at radius 1 is 0.773 bits per heavy atom. The fraction of sp³-hybridized carbons (Fsp3) is 0. The van der Waals surface area contributed by atoms with Crippen molar-refractivity contribution in [3.05, 3.63) is 70.3 Å². The number of hydrogen-bond acceptors (Lipinski definition) is 2. The molecule has 1 heterocycles. The second-order valence-electron chi connectivity index (χ2n) is 4.54. The Labute approximate surface area is 135 Å². The largest absolute Gasteiger partial charge is 0.228 e. The molecule has 2 aromatic carbocycles. The Morgan fingerprint density at radius 3 is 2.14 bits per heavy atom. The summed E-state index contributed by atoms with van der Waals surface area (Å²) in [6.07, 6.45) is 0. The topological polar surface area (TPSA) is 25.8 Å². The SMILES string of the molecule is Fc1ccc(-c2cc(Cl)nc(-c3ccc(Cl)c(F)c3)n2)cc1. The lowest BCUT2D eigenvalue weighted by molar-refractivity contribution is 0.627. The van der Waals surface area contributed by atoms with Crippen LogP contribution in [0.2, 0.25) is 10.2 Å². The first-order chi connectivity index (χ1) is 10.5. The predicted molar refractivity (Wildman–Crippen MR) is 82.8 cm³/mol. The van der Waals surface area contributed by atoms with Crippen LogP contribution < -0.4 is 0 Å². The van der Waals surface area contributed by atoms with E-state index in [2.05, 4.69) is 9.97 Å². The summed E-state index contributed by atoms with van der Waals surface area (Å²) in [6, 6.07) is 11.6. The first-order valence-corrected chi connectivity index (χ1v) is 7.04. The smallest absolute Gasteiger partial charge is 0.161 e. The standard InChI is InChI=1S/C16H8Cl2F2N2/c17-12-6-3-10(7-13(12)20)16-21-14(8-15(18)22-16)9-1-4-11(19)5-2-9/h1-8H. The maximum atomic E-state index is 13.6. The summed E-state index contributed by atoms with van der Waals surface area (Å²) in [5.41, 5.74) is 1.65. The van der Waals surface area contributed by atoms with Crippen molar-refractivity contribution < 1.29 is 8.78 Å². The maximum absolute atomic E-state index is 13.6. The van der Waals surface area contributed by atoms with Crippen LogP contribution in [0.5, 0.6) is 0 Å². The van der Waals surface area contributed by atoms with Crippen LogP contribution >= 0.6 is 23.2 Å². The van der Waals surface area contributed by atoms with E-state index in [4.69, 9.17) is 23.2 Å². The summed E-state index contributed by atoms with van der Waals surface area (Å²) in [6.45, 7) is 0. The molecule has 0 aliphatic rings. The zero-order chi connectivity index (χ0) is 15.7. The third-order valence-electron chi connectivity index (χ3n) is 3.01. The quantitative estimate of drug-likeness (QED) is 0.586. The molecule has 2 nitrogen and oxygen atoms in total. The van der Waals surface area contributed by atoms with E-state index in [9.17, 15) is 8.78 Å². The van der Waals surface area contributed by atoms with Gasteiger partial charge in [-0.2, -0.15) is 0 Å². The monoisotopic (exact) mass is 336 g/mol. The van der Waals surface area contributed by atoms with Gasteiger partial charge in [0, 0.05) is 17.2 Å². The molecule has 1 aromatic heterocycles. The highest BCUT2D eigenvalue weighted by atomic mass is 35.5. The molecule has 3 aromatic rings. The van der Waals surface area contributed by atoms with E-state index in [1.54, 1.807) is 24.3 Å². The summed E-state index contributed by atoms with van der Waals surface area (Å²) in [5.74, 6) is -0.641. The highest BCUT2D eigenvalue weighted by molar-refractivity contribution is 6.30. The average molecular weight is 337 g/mol. The zero-order valence-electron chi connectivity index (χ0n) is 11.0. The number of hydrogen-bond donors (Lipinski definition) is 0. The lowest BCUT2D eigenvalue weighted by Crippen LogP contribution is -1.94. The molecule has 0 aliphatic heterocycles. The molecule has 0 unspecified atom stereocenters. The van der Waals surface area contributed by atoms with Crippen LogP contribution in [0.3, 0.4) is 0 Å². The van der Waals surface area contributed by atoms with Gasteiger partial charge in [0.15, 0.2) is 5.82 Å². The molecular formula is C16H8Cl2F2N2. The van der Waals surface area contributed by atoms with E-state index in [1.165, 1.54) is 24.3 Å². The summed E-state index contributed by atoms with van der Waals surface area (Å²) >= 11 is 11.7. The summed E-state index contributed by atoms with van der Waals surface area (Å²) < 4.78 is 26.6. The molecule has 0 fully saturated rings. The molecule has 22 heavy (non-hydrogen) atoms. The van der Waals surface area contributed by atoms with Crippen molar-refractivity contribution in [3.63, 3.8) is 0 Å². The van der Waals surface area contributed by atoms with Crippen molar-refractivity contribution in [2.75, 3.05) is 0 Å². The summed E-state index contributed by atoms with van der Waals surface area (Å²) in [4.78, 5) is 8.44. The second kappa shape index (κ2) is 5.99. The van der Waals surface area contributed by atoms with E-state index in [0.29, 0.717) is 16.8 Å². The van der Waals surface area contributed by atoms with Gasteiger partial charge in [0.25, 0.3) is 0 Å². The molecule has 0 aliphatic carbocycles. The van der Waals surface area contributed by atoms with Crippen molar-refractivity contribution in [2.24, 2.45) is 0 Å². The Bertz CT molecular complexity index is 836. The fourth-order valence-corrected chi connectivity index (χ4v) is 2.25. The fourth-order valence-electron chi connectivity index (χ4n) is 1.95. The van der Waals surface area contributed by atoms with E-state index < -0.39 is 5.82 Å². The van der Waals surface area contributed by atoms with E-state index in [1.807, 2.05) is 0 Å². The third-order valence-corrected chi connectivity index (χ3v) is 3.51. The molecular weight excluding hydrogens is 329 g/mol. The highest BCUT2D eigenvalue weighted by Crippen LogP contribution is 2.26. The number of benzene rings is 2. The van der Waals surface area contributed by atoms with Crippen LogP contribution in [0.25, 0.3) is 22.6 Å². The van der Waals surface area contributed by atoms with Crippen molar-refractivity contribution in [2.45, 2.75) is 0 Å². The van der Waals surface area contributed by atoms with Crippen LogP contribution in [0.15, 0.2) is 48.5 Å². The van der Waals surface area contributed by atoms with Gasteiger partial charge in [0.05, 0.1) is 10.7 Å². The van der Waals surface area contributed by atoms with Gasteiger partial charge in [-0.1, -0.05) is 23.2 Å². The molecule has 0 amide bonds. The van der Waals surface area contributed by atoms with Gasteiger partial charge in [-0.05, 0) is 42.5 Å². The molecule has 0 bridgehead atoms. The van der Waals surface area contributed by atoms with Gasteiger partial charge >= 0.3 is 0 Å². The molecule has 3 rings (SSSR count). The van der Waals surface area contributed by atoms with Gasteiger partial charge in [0.1, 0.15) is 16.8 Å². The molecule has 110 valence electrons. The van der Waals surface area contributed by atoms with E-state index >= 15 is 0 Å². The summed E-state index contributed by atoms with van der Waals surface area (Å²) in [7, 11) is 0. The predicted octanol–water partition coefficient (Wildman–Crippen LogP) is 5.40. The number of aromatic nitrogens is 2. The molecule has 6 heteroatoms. The number of halogens is 4. The minimum atomic E-state index is -0.564. The van der Waals surface area contributed by atoms with Crippen molar-refractivity contribution in [3.8, 4) is 22.6 Å². The van der Waals surface area contributed by atoms with Gasteiger partial charge in [-0.15, -0.1) is 0 Å². The molecule has 0 saturated carbocycles. The van der Waals surface area contributed by atoms with Crippen molar-refractivity contribution in [1.29, 1.82) is 0 Å². The van der Waals surface area contributed by atoms with Crippen molar-refractivity contribution in [1.82, 2.24) is 9.97 Å². The van der Waals surface area contributed by atoms with Gasteiger partial charge in [-0.3, -0.25) is 0 Å². The maximum Gasteiger partial charge on any atom is 0.161 e. The Balaban J connectivity index is 2.09. The van der Waals surface area contributed by atoms with Crippen molar-refractivity contribution >= 4 is 23.2 Å². The van der Waals surface area contributed by atoms with Gasteiger partial charge < -0.3 is 0 Å². The van der Waals surface area contributed by atoms with Crippen LogP contribution in [0.1, 0.15) is 0 Å². The number of nitrogens with zero attached hydrogens (tertiary/aromatic N) is 2. The summed E-state index contributed by atoms with van der Waals surface area (Å²) in [5, 5.41) is 0.226. The zero-order valence-corrected chi connectivity index (χ0v) is 12.5. The molecule has 0 spiro atoms. The van der Waals surface area contributed by atoms with Gasteiger partial charge in [-0.25, -0.2) is 18.7 Å². The Hall–Kier alpha value is -2.04. The lowest BCUT2D eigenvalue weighted by Gasteiger charge is -2.06. The lowest BCUT2D eigenvalue weighted by atomic mass is 10.1. The first kappa shape index (κ1) is 14.9. The van der Waals surface area contributed by atoms with Gasteiger partial charge in [0.2, 0.25) is 0 Å². The minimum absolute atomic E-state index is 0.0181. The first-order valence-electron chi connectivity index (χ1n) is 6.29. The molecule has 0 radical (unpaired) electrons. The Morgan fingerprint density at radius 2 is 1.45 bits per heavy atom. The number of rotatable bonds is 2. The molecule has 0 saturated heterocycles.